The van der Waals surface area contributed by atoms with E-state index in [1.807, 2.05) is 19.1 Å². The molecule has 0 saturated carbocycles. The smallest absolute Gasteiger partial charge is 0.295 e. The molecule has 6 heteroatoms. The van der Waals surface area contributed by atoms with Gasteiger partial charge in [0.15, 0.2) is 0 Å². The van der Waals surface area contributed by atoms with Crippen molar-refractivity contribution < 1.29 is 19.1 Å². The van der Waals surface area contributed by atoms with Crippen LogP contribution in [0.3, 0.4) is 0 Å². The third kappa shape index (κ3) is 6.57. The maximum Gasteiger partial charge on any atom is 0.295 e. The monoisotopic (exact) mass is 480 g/mol. The molecule has 0 bridgehead atoms. The van der Waals surface area contributed by atoms with E-state index in [-0.39, 0.29) is 11.3 Å². The molecule has 0 aliphatic carbocycles. The Hall–Kier alpha value is -2.99. The Morgan fingerprint density at radius 1 is 0.914 bits per heavy atom. The van der Waals surface area contributed by atoms with Crippen molar-refractivity contribution in [1.29, 1.82) is 0 Å². The first-order chi connectivity index (χ1) is 16.9. The van der Waals surface area contributed by atoms with E-state index >= 15 is 0 Å². The van der Waals surface area contributed by atoms with Gasteiger partial charge >= 0.3 is 0 Å². The van der Waals surface area contributed by atoms with E-state index < -0.39 is 23.5 Å². The number of halogens is 1. The highest BCUT2D eigenvalue weighted by molar-refractivity contribution is 6.46. The zero-order chi connectivity index (χ0) is 25.4. The van der Waals surface area contributed by atoms with Crippen LogP contribution in [0.2, 0.25) is 0 Å². The summed E-state index contributed by atoms with van der Waals surface area (Å²) >= 11 is 0. The number of ketones is 1. The molecule has 1 fully saturated rings. The van der Waals surface area contributed by atoms with Crippen LogP contribution in [0, 0.1) is 12.7 Å². The summed E-state index contributed by atoms with van der Waals surface area (Å²) in [5.74, 6) is -1.92. The van der Waals surface area contributed by atoms with Gasteiger partial charge in [-0.2, -0.15) is 0 Å². The molecule has 0 radical (unpaired) electrons. The first-order valence-corrected chi connectivity index (χ1v) is 12.7. The molecule has 188 valence electrons. The normalized spacial score (nSPS) is 17.5. The average molecular weight is 481 g/mol. The van der Waals surface area contributed by atoms with Crippen LogP contribution >= 0.6 is 0 Å². The lowest BCUT2D eigenvalue weighted by atomic mass is 9.95. The van der Waals surface area contributed by atoms with Crippen molar-refractivity contribution in [1.82, 2.24) is 9.80 Å². The van der Waals surface area contributed by atoms with Gasteiger partial charge in [0.1, 0.15) is 11.6 Å². The topological polar surface area (TPSA) is 60.9 Å². The van der Waals surface area contributed by atoms with Crippen molar-refractivity contribution in [2.75, 3.05) is 26.2 Å². The molecular weight excluding hydrogens is 443 g/mol. The molecule has 1 aliphatic heterocycles. The molecule has 1 saturated heterocycles. The van der Waals surface area contributed by atoms with Gasteiger partial charge in [0.05, 0.1) is 11.6 Å². The van der Waals surface area contributed by atoms with E-state index in [2.05, 4.69) is 18.7 Å². The second kappa shape index (κ2) is 12.6. The number of likely N-dealkylation sites (tertiary alicyclic amines) is 1. The molecule has 1 unspecified atom stereocenters. The van der Waals surface area contributed by atoms with Crippen molar-refractivity contribution >= 4 is 17.4 Å². The number of hydrogen-bond acceptors (Lipinski definition) is 4. The van der Waals surface area contributed by atoms with E-state index in [0.29, 0.717) is 24.1 Å². The van der Waals surface area contributed by atoms with E-state index in [1.165, 1.54) is 17.0 Å². The van der Waals surface area contributed by atoms with Gasteiger partial charge in [0.25, 0.3) is 11.7 Å². The minimum atomic E-state index is -0.753. The summed E-state index contributed by atoms with van der Waals surface area (Å²) in [6.07, 6.45) is 5.21. The molecule has 1 N–H and O–H groups in total. The number of amides is 1. The van der Waals surface area contributed by atoms with Crippen LogP contribution in [0.1, 0.15) is 68.7 Å². The third-order valence-electron chi connectivity index (χ3n) is 6.58. The zero-order valence-electron chi connectivity index (χ0n) is 21.1. The number of rotatable bonds is 12. The molecule has 0 aromatic heterocycles. The maximum atomic E-state index is 13.7. The van der Waals surface area contributed by atoms with Gasteiger partial charge in [0.2, 0.25) is 0 Å². The summed E-state index contributed by atoms with van der Waals surface area (Å²) in [6, 6.07) is 12.2. The fourth-order valence-corrected chi connectivity index (χ4v) is 4.53. The average Bonchev–Trinajstić information content (AvgIpc) is 3.10. The van der Waals surface area contributed by atoms with Crippen molar-refractivity contribution in [3.8, 4) is 0 Å². The highest BCUT2D eigenvalue weighted by Gasteiger charge is 2.45. The number of carbonyl (C=O) groups excluding carboxylic acids is 2. The number of hydrogen-bond donors (Lipinski definition) is 1. The zero-order valence-corrected chi connectivity index (χ0v) is 21.1. The van der Waals surface area contributed by atoms with Crippen LogP contribution in [-0.4, -0.2) is 52.8 Å². The van der Waals surface area contributed by atoms with E-state index in [4.69, 9.17) is 0 Å². The Morgan fingerprint density at radius 2 is 1.49 bits per heavy atom. The molecule has 2 aromatic rings. The standard InChI is InChI=1S/C29H37FN2O3/c1-4-6-17-31(18-7-5-2)19-8-20-32-26(22-13-15-24(30)16-14-22)25(28(34)29(32)35)27(33)23-11-9-21(3)10-12-23/h9-16,26,33H,4-8,17-20H2,1-3H3/b27-25-. The van der Waals surface area contributed by atoms with Gasteiger partial charge in [-0.15, -0.1) is 0 Å². The quantitative estimate of drug-likeness (QED) is 0.235. The minimum Gasteiger partial charge on any atom is -0.507 e. The summed E-state index contributed by atoms with van der Waals surface area (Å²) in [7, 11) is 0. The van der Waals surface area contributed by atoms with Crippen molar-refractivity contribution in [3.63, 3.8) is 0 Å². The summed E-state index contributed by atoms with van der Waals surface area (Å²) in [5, 5.41) is 11.1. The Bertz CT molecular complexity index is 1020. The Morgan fingerprint density at radius 3 is 2.06 bits per heavy atom. The lowest BCUT2D eigenvalue weighted by Crippen LogP contribution is -2.34. The van der Waals surface area contributed by atoms with E-state index in [0.717, 1.165) is 50.9 Å². The summed E-state index contributed by atoms with van der Waals surface area (Å²) in [5.41, 5.74) is 2.16. The number of unbranched alkanes of at least 4 members (excludes halogenated alkanes) is 2. The van der Waals surface area contributed by atoms with E-state index in [1.54, 1.807) is 24.3 Å². The summed E-state index contributed by atoms with van der Waals surface area (Å²) in [6.45, 7) is 9.53. The Kier molecular flexibility index (Phi) is 9.61. The second-order valence-electron chi connectivity index (χ2n) is 9.31. The molecule has 1 heterocycles. The van der Waals surface area contributed by atoms with Crippen molar-refractivity contribution in [2.24, 2.45) is 0 Å². The molecule has 3 rings (SSSR count). The predicted octanol–water partition coefficient (Wildman–Crippen LogP) is 5.85. The van der Waals surface area contributed by atoms with Gasteiger partial charge in [-0.25, -0.2) is 4.39 Å². The molecule has 1 aliphatic rings. The van der Waals surface area contributed by atoms with Gasteiger partial charge in [-0.3, -0.25) is 9.59 Å². The second-order valence-corrected chi connectivity index (χ2v) is 9.31. The maximum absolute atomic E-state index is 13.7. The summed E-state index contributed by atoms with van der Waals surface area (Å²) < 4.78 is 13.7. The number of aliphatic hydroxyl groups is 1. The fraction of sp³-hybridized carbons (Fsp3) is 0.448. The van der Waals surface area contributed by atoms with Crippen LogP contribution in [0.15, 0.2) is 54.1 Å². The molecule has 1 amide bonds. The van der Waals surface area contributed by atoms with Crippen LogP contribution in [0.25, 0.3) is 5.76 Å². The van der Waals surface area contributed by atoms with Crippen molar-refractivity contribution in [3.05, 3.63) is 76.6 Å². The first kappa shape index (κ1) is 26.6. The molecular formula is C29H37FN2O3. The van der Waals surface area contributed by atoms with Gasteiger partial charge in [-0.1, -0.05) is 68.7 Å². The van der Waals surface area contributed by atoms with Crippen LogP contribution in [-0.2, 0) is 9.59 Å². The number of carbonyl (C=O) groups is 2. The number of nitrogens with zero attached hydrogens (tertiary/aromatic N) is 2. The predicted molar refractivity (Wildman–Crippen MR) is 137 cm³/mol. The van der Waals surface area contributed by atoms with Crippen molar-refractivity contribution in [2.45, 2.75) is 58.9 Å². The highest BCUT2D eigenvalue weighted by Crippen LogP contribution is 2.39. The molecule has 2 aromatic carbocycles. The molecule has 0 spiro atoms. The first-order valence-electron chi connectivity index (χ1n) is 12.7. The highest BCUT2D eigenvalue weighted by atomic mass is 19.1. The fourth-order valence-electron chi connectivity index (χ4n) is 4.53. The molecule has 35 heavy (non-hydrogen) atoms. The SMILES string of the molecule is CCCCN(CCCC)CCCN1C(=O)C(=O)/C(=C(\O)c2ccc(C)cc2)C1c1ccc(F)cc1. The number of aryl methyl sites for hydroxylation is 1. The number of aliphatic hydroxyl groups excluding tert-OH is 1. The molecule has 5 nitrogen and oxygen atoms in total. The Labute approximate surface area is 208 Å². The van der Waals surface area contributed by atoms with Gasteiger partial charge in [0, 0.05) is 12.1 Å². The number of benzene rings is 2. The van der Waals surface area contributed by atoms with Gasteiger partial charge in [-0.05, 0) is 63.5 Å². The Balaban J connectivity index is 1.90. The minimum absolute atomic E-state index is 0.0549. The van der Waals surface area contributed by atoms with Crippen LogP contribution in [0.4, 0.5) is 4.39 Å². The molecule has 1 atom stereocenters. The summed E-state index contributed by atoms with van der Waals surface area (Å²) in [4.78, 5) is 30.2. The van der Waals surface area contributed by atoms with Crippen LogP contribution < -0.4 is 0 Å². The van der Waals surface area contributed by atoms with Gasteiger partial charge < -0.3 is 14.9 Å². The lowest BCUT2D eigenvalue weighted by Gasteiger charge is -2.27. The largest absolute Gasteiger partial charge is 0.507 e. The van der Waals surface area contributed by atoms with E-state index in [9.17, 15) is 19.1 Å². The number of Topliss-reactive ketones (excluding diaryl/α,β-unsaturated/α-hetero) is 1. The lowest BCUT2D eigenvalue weighted by molar-refractivity contribution is -0.140. The third-order valence-corrected chi connectivity index (χ3v) is 6.58. The van der Waals surface area contributed by atoms with Crippen LogP contribution in [0.5, 0.6) is 0 Å².